The summed E-state index contributed by atoms with van der Waals surface area (Å²) in [7, 11) is 0. The highest BCUT2D eigenvalue weighted by Crippen LogP contribution is 2.13. The molecule has 1 unspecified atom stereocenters. The Morgan fingerprint density at radius 3 is 3.12 bits per heavy atom. The van der Waals surface area contributed by atoms with Gasteiger partial charge < -0.3 is 10.6 Å². The van der Waals surface area contributed by atoms with Crippen LogP contribution in [0.3, 0.4) is 0 Å². The number of hydrogen-bond acceptors (Lipinski definition) is 3. The van der Waals surface area contributed by atoms with Gasteiger partial charge in [0.2, 0.25) is 5.91 Å². The number of pyridine rings is 1. The first-order valence-corrected chi connectivity index (χ1v) is 6.19. The van der Waals surface area contributed by atoms with Gasteiger partial charge in [-0.15, -0.1) is 0 Å². The van der Waals surface area contributed by atoms with Crippen molar-refractivity contribution in [3.63, 3.8) is 0 Å². The molecule has 4 heteroatoms. The first kappa shape index (κ1) is 12.0. The summed E-state index contributed by atoms with van der Waals surface area (Å²) in [5.41, 5.74) is 0.907. The predicted octanol–water partition coefficient (Wildman–Crippen LogP) is 1.26. The lowest BCUT2D eigenvalue weighted by Gasteiger charge is -2.23. The zero-order valence-electron chi connectivity index (χ0n) is 10.1. The normalized spacial score (nSPS) is 21.8. The molecule has 0 aromatic carbocycles. The van der Waals surface area contributed by atoms with E-state index in [-0.39, 0.29) is 17.9 Å². The molecule has 0 spiro atoms. The molecule has 1 aromatic rings. The Bertz CT molecular complexity index is 360. The van der Waals surface area contributed by atoms with E-state index in [2.05, 4.69) is 15.6 Å². The first-order chi connectivity index (χ1) is 8.27. The van der Waals surface area contributed by atoms with Crippen LogP contribution in [0.4, 0.5) is 0 Å². The summed E-state index contributed by atoms with van der Waals surface area (Å²) in [5, 5.41) is 6.28. The minimum absolute atomic E-state index is 0.0226. The molecular formula is C13H19N3O. The van der Waals surface area contributed by atoms with Crippen LogP contribution in [0.15, 0.2) is 24.4 Å². The summed E-state index contributed by atoms with van der Waals surface area (Å²) < 4.78 is 0. The third kappa shape index (κ3) is 3.27. The summed E-state index contributed by atoms with van der Waals surface area (Å²) in [5.74, 6) is 0.241. The second-order valence-corrected chi connectivity index (χ2v) is 4.53. The fourth-order valence-corrected chi connectivity index (χ4v) is 2.11. The maximum absolute atomic E-state index is 12.0. The largest absolute Gasteiger partial charge is 0.348 e. The molecule has 4 nitrogen and oxygen atoms in total. The van der Waals surface area contributed by atoms with Gasteiger partial charge in [0.15, 0.2) is 0 Å². The van der Waals surface area contributed by atoms with Crippen molar-refractivity contribution in [2.75, 3.05) is 13.1 Å². The van der Waals surface area contributed by atoms with Crippen molar-refractivity contribution in [3.05, 3.63) is 30.1 Å². The summed E-state index contributed by atoms with van der Waals surface area (Å²) in [6, 6.07) is 5.73. The van der Waals surface area contributed by atoms with Gasteiger partial charge >= 0.3 is 0 Å². The smallest absolute Gasteiger partial charge is 0.224 e. The molecule has 17 heavy (non-hydrogen) atoms. The summed E-state index contributed by atoms with van der Waals surface area (Å²) in [4.78, 5) is 16.2. The van der Waals surface area contributed by atoms with Crippen LogP contribution in [0, 0.1) is 5.92 Å². The van der Waals surface area contributed by atoms with Gasteiger partial charge in [0.25, 0.3) is 0 Å². The second kappa shape index (κ2) is 5.77. The van der Waals surface area contributed by atoms with Crippen molar-refractivity contribution >= 4 is 5.91 Å². The first-order valence-electron chi connectivity index (χ1n) is 6.19. The molecule has 0 saturated carbocycles. The lowest BCUT2D eigenvalue weighted by molar-refractivity contribution is -0.126. The molecule has 1 aliphatic rings. The monoisotopic (exact) mass is 233 g/mol. The molecular weight excluding hydrogens is 214 g/mol. The van der Waals surface area contributed by atoms with Crippen molar-refractivity contribution in [1.82, 2.24) is 15.6 Å². The molecule has 2 heterocycles. The lowest BCUT2D eigenvalue weighted by atomic mass is 9.98. The third-order valence-electron chi connectivity index (χ3n) is 3.16. The Morgan fingerprint density at radius 1 is 1.59 bits per heavy atom. The Balaban J connectivity index is 1.89. The Hall–Kier alpha value is -1.42. The van der Waals surface area contributed by atoms with Crippen LogP contribution in [0.25, 0.3) is 0 Å². The minimum Gasteiger partial charge on any atom is -0.348 e. The lowest BCUT2D eigenvalue weighted by Crippen LogP contribution is -2.41. The molecule has 2 N–H and O–H groups in total. The van der Waals surface area contributed by atoms with Gasteiger partial charge in [0.1, 0.15) is 0 Å². The van der Waals surface area contributed by atoms with Gasteiger partial charge in [-0.3, -0.25) is 9.78 Å². The molecule has 2 rings (SSSR count). The second-order valence-electron chi connectivity index (χ2n) is 4.53. The molecule has 1 saturated heterocycles. The van der Waals surface area contributed by atoms with Crippen LogP contribution >= 0.6 is 0 Å². The predicted molar refractivity (Wildman–Crippen MR) is 66.4 cm³/mol. The number of rotatable bonds is 3. The highest BCUT2D eigenvalue weighted by atomic mass is 16.2. The maximum atomic E-state index is 12.0. The van der Waals surface area contributed by atoms with Crippen LogP contribution in [0.2, 0.25) is 0 Å². The van der Waals surface area contributed by atoms with Gasteiger partial charge in [-0.05, 0) is 38.4 Å². The number of carbonyl (C=O) groups is 1. The van der Waals surface area contributed by atoms with E-state index in [0.717, 1.165) is 31.6 Å². The van der Waals surface area contributed by atoms with Crippen LogP contribution in [-0.2, 0) is 4.79 Å². The van der Waals surface area contributed by atoms with Crippen molar-refractivity contribution in [2.24, 2.45) is 5.92 Å². The van der Waals surface area contributed by atoms with Crippen LogP contribution in [0.1, 0.15) is 31.5 Å². The zero-order valence-corrected chi connectivity index (χ0v) is 10.1. The standard InChI is InChI=1S/C13H19N3O/c1-10(12-6-2-3-8-15-12)16-13(17)11-5-4-7-14-9-11/h2-3,6,8,10-11,14H,4-5,7,9H2,1H3,(H,16,17)/t10?,11-/m0/s1. The van der Waals surface area contributed by atoms with E-state index in [1.807, 2.05) is 25.1 Å². The third-order valence-corrected chi connectivity index (χ3v) is 3.16. The highest BCUT2D eigenvalue weighted by molar-refractivity contribution is 5.79. The molecule has 0 radical (unpaired) electrons. The van der Waals surface area contributed by atoms with E-state index in [9.17, 15) is 4.79 Å². The Kier molecular flexibility index (Phi) is 4.09. The molecule has 2 atom stereocenters. The van der Waals surface area contributed by atoms with Crippen molar-refractivity contribution in [2.45, 2.75) is 25.8 Å². The number of nitrogens with zero attached hydrogens (tertiary/aromatic N) is 1. The quantitative estimate of drug-likeness (QED) is 0.826. The molecule has 0 bridgehead atoms. The Morgan fingerprint density at radius 2 is 2.47 bits per heavy atom. The summed E-state index contributed by atoms with van der Waals surface area (Å²) >= 11 is 0. The topological polar surface area (TPSA) is 54.0 Å². The highest BCUT2D eigenvalue weighted by Gasteiger charge is 2.22. The minimum atomic E-state index is -0.0226. The number of piperidine rings is 1. The van der Waals surface area contributed by atoms with E-state index in [4.69, 9.17) is 0 Å². The molecule has 92 valence electrons. The maximum Gasteiger partial charge on any atom is 0.224 e. The fraction of sp³-hybridized carbons (Fsp3) is 0.538. The van der Waals surface area contributed by atoms with E-state index >= 15 is 0 Å². The average molecular weight is 233 g/mol. The van der Waals surface area contributed by atoms with E-state index in [0.29, 0.717) is 0 Å². The molecule has 1 fully saturated rings. The SMILES string of the molecule is CC(NC(=O)[C@H]1CCCNC1)c1ccccn1. The van der Waals surface area contributed by atoms with Crippen LogP contribution < -0.4 is 10.6 Å². The number of nitrogens with one attached hydrogen (secondary N) is 2. The van der Waals surface area contributed by atoms with Gasteiger partial charge in [-0.2, -0.15) is 0 Å². The van der Waals surface area contributed by atoms with E-state index in [1.165, 1.54) is 0 Å². The zero-order chi connectivity index (χ0) is 12.1. The van der Waals surface area contributed by atoms with E-state index < -0.39 is 0 Å². The number of amides is 1. The number of aromatic nitrogens is 1. The van der Waals surface area contributed by atoms with Gasteiger partial charge in [0.05, 0.1) is 17.7 Å². The van der Waals surface area contributed by atoms with Crippen molar-refractivity contribution < 1.29 is 4.79 Å². The van der Waals surface area contributed by atoms with Crippen molar-refractivity contribution in [3.8, 4) is 0 Å². The number of carbonyl (C=O) groups excluding carboxylic acids is 1. The molecule has 1 aliphatic heterocycles. The van der Waals surface area contributed by atoms with Crippen LogP contribution in [-0.4, -0.2) is 24.0 Å². The van der Waals surface area contributed by atoms with Gasteiger partial charge in [-0.25, -0.2) is 0 Å². The Labute approximate surface area is 102 Å². The van der Waals surface area contributed by atoms with E-state index in [1.54, 1.807) is 6.20 Å². The fourth-order valence-electron chi connectivity index (χ4n) is 2.11. The molecule has 0 aliphatic carbocycles. The molecule has 1 amide bonds. The van der Waals surface area contributed by atoms with Gasteiger partial charge in [-0.1, -0.05) is 6.07 Å². The van der Waals surface area contributed by atoms with Crippen LogP contribution in [0.5, 0.6) is 0 Å². The summed E-state index contributed by atoms with van der Waals surface area (Å²) in [6.07, 6.45) is 3.81. The summed E-state index contributed by atoms with van der Waals surface area (Å²) in [6.45, 7) is 3.79. The molecule has 1 aromatic heterocycles. The average Bonchev–Trinajstić information content (AvgIpc) is 2.40. The number of hydrogen-bond donors (Lipinski definition) is 2. The van der Waals surface area contributed by atoms with Crippen molar-refractivity contribution in [1.29, 1.82) is 0 Å². The van der Waals surface area contributed by atoms with Gasteiger partial charge in [0, 0.05) is 12.7 Å².